The average Bonchev–Trinajstić information content (AvgIpc) is 2.14. The standard InChI is InChI=1S/C4H4N2O3.K/c1-2-5-3(4(7)8)9-6-2;/h1H3,(H,7,8);. The van der Waals surface area contributed by atoms with Crippen molar-refractivity contribution in [2.24, 2.45) is 0 Å². The summed E-state index contributed by atoms with van der Waals surface area (Å²) in [4.78, 5) is 13.5. The molecule has 10 heavy (non-hydrogen) atoms. The van der Waals surface area contributed by atoms with Gasteiger partial charge in [0.1, 0.15) is 0 Å². The Bertz CT molecular complexity index is 234. The first-order chi connectivity index (χ1) is 4.20. The predicted octanol–water partition coefficient (Wildman–Crippen LogP) is -0.305. The van der Waals surface area contributed by atoms with E-state index in [0.29, 0.717) is 5.82 Å². The van der Waals surface area contributed by atoms with Crippen LogP contribution in [0.15, 0.2) is 4.52 Å². The molecular formula is C4H4KN2O3. The molecule has 0 fully saturated rings. The molecular weight excluding hydrogens is 163 g/mol. The Hall–Kier alpha value is 0.246. The van der Waals surface area contributed by atoms with E-state index in [-0.39, 0.29) is 57.3 Å². The van der Waals surface area contributed by atoms with Gasteiger partial charge in [-0.25, -0.2) is 4.79 Å². The van der Waals surface area contributed by atoms with Gasteiger partial charge in [0, 0.05) is 51.4 Å². The molecule has 49 valence electrons. The third kappa shape index (κ3) is 2.47. The molecule has 0 aliphatic rings. The number of rotatable bonds is 1. The first-order valence-corrected chi connectivity index (χ1v) is 2.24. The van der Waals surface area contributed by atoms with Gasteiger partial charge >= 0.3 is 11.9 Å². The first-order valence-electron chi connectivity index (χ1n) is 2.24. The minimum Gasteiger partial charge on any atom is -0.474 e. The third-order valence-corrected chi connectivity index (χ3v) is 0.711. The van der Waals surface area contributed by atoms with E-state index in [1.807, 2.05) is 0 Å². The first kappa shape index (κ1) is 10.2. The predicted molar refractivity (Wildman–Crippen MR) is 31.7 cm³/mol. The topological polar surface area (TPSA) is 76.2 Å². The summed E-state index contributed by atoms with van der Waals surface area (Å²) in [5, 5.41) is 11.5. The van der Waals surface area contributed by atoms with Gasteiger partial charge in [0.05, 0.1) is 0 Å². The van der Waals surface area contributed by atoms with Crippen molar-refractivity contribution in [2.75, 3.05) is 0 Å². The molecule has 1 heterocycles. The van der Waals surface area contributed by atoms with Crippen molar-refractivity contribution in [3.05, 3.63) is 11.7 Å². The van der Waals surface area contributed by atoms with E-state index in [4.69, 9.17) is 5.11 Å². The van der Waals surface area contributed by atoms with Crippen LogP contribution in [0.4, 0.5) is 0 Å². The number of aryl methyl sites for hydroxylation is 1. The fourth-order valence-electron chi connectivity index (χ4n) is 0.384. The molecule has 0 unspecified atom stereocenters. The average molecular weight is 167 g/mol. The fraction of sp³-hybridized carbons (Fsp3) is 0.250. The van der Waals surface area contributed by atoms with Crippen LogP contribution < -0.4 is 0 Å². The van der Waals surface area contributed by atoms with Gasteiger partial charge in [0.15, 0.2) is 5.82 Å². The van der Waals surface area contributed by atoms with Crippen LogP contribution in [-0.4, -0.2) is 72.6 Å². The molecule has 0 aliphatic carbocycles. The summed E-state index contributed by atoms with van der Waals surface area (Å²) in [6.07, 6.45) is 0. The molecule has 0 saturated carbocycles. The van der Waals surface area contributed by atoms with Gasteiger partial charge in [-0.3, -0.25) is 0 Å². The van der Waals surface area contributed by atoms with Gasteiger partial charge in [0.2, 0.25) is 0 Å². The van der Waals surface area contributed by atoms with Crippen LogP contribution in [0.2, 0.25) is 0 Å². The van der Waals surface area contributed by atoms with Crippen LogP contribution in [0, 0.1) is 6.92 Å². The Morgan fingerprint density at radius 2 is 2.30 bits per heavy atom. The zero-order valence-corrected chi connectivity index (χ0v) is 8.78. The van der Waals surface area contributed by atoms with E-state index in [1.54, 1.807) is 6.92 Å². The molecule has 0 saturated heterocycles. The smallest absolute Gasteiger partial charge is 0.394 e. The van der Waals surface area contributed by atoms with Gasteiger partial charge < -0.3 is 9.63 Å². The molecule has 1 aromatic heterocycles. The van der Waals surface area contributed by atoms with Crippen LogP contribution in [0.1, 0.15) is 16.5 Å². The Labute approximate surface area is 99.2 Å². The molecule has 0 spiro atoms. The molecule has 1 radical (unpaired) electrons. The van der Waals surface area contributed by atoms with Crippen molar-refractivity contribution in [1.29, 1.82) is 0 Å². The third-order valence-electron chi connectivity index (χ3n) is 0.711. The minimum atomic E-state index is -1.20. The number of nitrogens with zero attached hydrogens (tertiary/aromatic N) is 2. The number of carboxylic acids is 1. The summed E-state index contributed by atoms with van der Waals surface area (Å²) < 4.78 is 4.27. The van der Waals surface area contributed by atoms with Crippen LogP contribution in [-0.2, 0) is 0 Å². The van der Waals surface area contributed by atoms with E-state index in [0.717, 1.165) is 0 Å². The zero-order chi connectivity index (χ0) is 6.85. The number of aromatic carboxylic acids is 1. The summed E-state index contributed by atoms with van der Waals surface area (Å²) >= 11 is 0. The fourth-order valence-corrected chi connectivity index (χ4v) is 0.384. The zero-order valence-electron chi connectivity index (χ0n) is 5.66. The summed E-state index contributed by atoms with van der Waals surface area (Å²) in [5.41, 5.74) is 0. The molecule has 0 bridgehead atoms. The van der Waals surface area contributed by atoms with Crippen molar-refractivity contribution < 1.29 is 14.4 Å². The van der Waals surface area contributed by atoms with Gasteiger partial charge in [-0.15, -0.1) is 0 Å². The SMILES string of the molecule is Cc1noc(C(=O)O)n1.[K]. The van der Waals surface area contributed by atoms with Crippen LogP contribution in [0.3, 0.4) is 0 Å². The summed E-state index contributed by atoms with van der Waals surface area (Å²) in [6.45, 7) is 1.55. The van der Waals surface area contributed by atoms with Crippen molar-refractivity contribution in [3.8, 4) is 0 Å². The quantitative estimate of drug-likeness (QED) is 0.581. The molecule has 5 nitrogen and oxygen atoms in total. The Morgan fingerprint density at radius 3 is 2.50 bits per heavy atom. The van der Waals surface area contributed by atoms with Crippen LogP contribution in [0.5, 0.6) is 0 Å². The number of hydrogen-bond donors (Lipinski definition) is 1. The van der Waals surface area contributed by atoms with E-state index >= 15 is 0 Å². The van der Waals surface area contributed by atoms with Crippen molar-refractivity contribution in [3.63, 3.8) is 0 Å². The molecule has 0 aliphatic heterocycles. The normalized spacial score (nSPS) is 8.50. The largest absolute Gasteiger partial charge is 0.474 e. The van der Waals surface area contributed by atoms with Gasteiger partial charge in [0.25, 0.3) is 0 Å². The Balaban J connectivity index is 0.000000810. The molecule has 1 N–H and O–H groups in total. The molecule has 1 aromatic rings. The molecule has 6 heteroatoms. The summed E-state index contributed by atoms with van der Waals surface area (Å²) in [7, 11) is 0. The van der Waals surface area contributed by atoms with E-state index in [1.165, 1.54) is 0 Å². The van der Waals surface area contributed by atoms with Crippen LogP contribution >= 0.6 is 0 Å². The summed E-state index contributed by atoms with van der Waals surface area (Å²) in [6, 6.07) is 0. The number of hydrogen-bond acceptors (Lipinski definition) is 4. The molecule has 0 amide bonds. The van der Waals surface area contributed by atoms with Crippen molar-refractivity contribution in [1.82, 2.24) is 10.1 Å². The Morgan fingerprint density at radius 1 is 1.70 bits per heavy atom. The van der Waals surface area contributed by atoms with Gasteiger partial charge in [-0.2, -0.15) is 4.98 Å². The van der Waals surface area contributed by atoms with Crippen molar-refractivity contribution in [2.45, 2.75) is 6.92 Å². The summed E-state index contributed by atoms with van der Waals surface area (Å²) in [5.74, 6) is -1.24. The second-order valence-electron chi connectivity index (χ2n) is 1.45. The van der Waals surface area contributed by atoms with Crippen molar-refractivity contribution >= 4 is 57.4 Å². The van der Waals surface area contributed by atoms with Gasteiger partial charge in [-0.1, -0.05) is 5.16 Å². The molecule has 0 aromatic carbocycles. The maximum absolute atomic E-state index is 10.0. The maximum atomic E-state index is 10.0. The van der Waals surface area contributed by atoms with Gasteiger partial charge in [-0.05, 0) is 6.92 Å². The monoisotopic (exact) mass is 167 g/mol. The molecule has 1 rings (SSSR count). The number of carbonyl (C=O) groups is 1. The second kappa shape index (κ2) is 4.19. The second-order valence-corrected chi connectivity index (χ2v) is 1.45. The minimum absolute atomic E-state index is 0. The van der Waals surface area contributed by atoms with E-state index in [9.17, 15) is 4.79 Å². The number of carboxylic acid groups (broad SMARTS) is 1. The number of aromatic nitrogens is 2. The van der Waals surface area contributed by atoms with E-state index in [2.05, 4.69) is 14.7 Å². The maximum Gasteiger partial charge on any atom is 0.394 e. The molecule has 0 atom stereocenters. The van der Waals surface area contributed by atoms with Crippen LogP contribution in [0.25, 0.3) is 0 Å². The van der Waals surface area contributed by atoms with E-state index < -0.39 is 5.97 Å². The Kier molecular flexibility index (Phi) is 4.30.